The number of nitrogens with one attached hydrogen (secondary N) is 1. The number of hydrazine groups is 1. The van der Waals surface area contributed by atoms with Crippen molar-refractivity contribution in [3.63, 3.8) is 0 Å². The first-order chi connectivity index (χ1) is 7.31. The van der Waals surface area contributed by atoms with Crippen molar-refractivity contribution in [3.05, 3.63) is 48.0 Å². The Balaban J connectivity index is 2.33. The van der Waals surface area contributed by atoms with Crippen LogP contribution in [0.25, 0.3) is 0 Å². The molecule has 0 saturated heterocycles. The maximum absolute atomic E-state index is 5.53. The predicted octanol–water partition coefficient (Wildman–Crippen LogP) is 0.368. The molecule has 1 unspecified atom stereocenters. The van der Waals surface area contributed by atoms with E-state index in [1.165, 1.54) is 0 Å². The lowest BCUT2D eigenvalue weighted by molar-refractivity contribution is 0.633. The van der Waals surface area contributed by atoms with Crippen molar-refractivity contribution >= 4 is 0 Å². The van der Waals surface area contributed by atoms with Crippen molar-refractivity contribution in [1.29, 1.82) is 0 Å². The fourth-order valence-corrected chi connectivity index (χ4v) is 1.52. The van der Waals surface area contributed by atoms with Crippen LogP contribution in [0.3, 0.4) is 0 Å². The summed E-state index contributed by atoms with van der Waals surface area (Å²) in [4.78, 5) is 4.06. The monoisotopic (exact) mass is 203 g/mol. The van der Waals surface area contributed by atoms with Gasteiger partial charge in [0.05, 0.1) is 12.2 Å². The van der Waals surface area contributed by atoms with E-state index in [0.717, 1.165) is 11.1 Å². The van der Waals surface area contributed by atoms with Gasteiger partial charge < -0.3 is 0 Å². The molecule has 15 heavy (non-hydrogen) atoms. The average molecular weight is 203 g/mol. The quantitative estimate of drug-likeness (QED) is 0.558. The van der Waals surface area contributed by atoms with Crippen molar-refractivity contribution in [2.75, 3.05) is 0 Å². The topological polar surface area (TPSA) is 68.8 Å². The standard InChI is InChI=1S/C10H13N5/c1-15-7-9(6-13-15)10(14-11)8-3-2-4-12-5-8/h2-7,10,14H,11H2,1H3. The summed E-state index contributed by atoms with van der Waals surface area (Å²) >= 11 is 0. The van der Waals surface area contributed by atoms with E-state index in [-0.39, 0.29) is 6.04 Å². The number of hydrogen-bond donors (Lipinski definition) is 2. The maximum atomic E-state index is 5.53. The Kier molecular flexibility index (Phi) is 2.75. The summed E-state index contributed by atoms with van der Waals surface area (Å²) in [6, 6.07) is 3.80. The molecule has 3 N–H and O–H groups in total. The molecule has 2 heterocycles. The van der Waals surface area contributed by atoms with E-state index in [1.54, 1.807) is 23.3 Å². The number of hydrogen-bond acceptors (Lipinski definition) is 4. The Labute approximate surface area is 87.9 Å². The van der Waals surface area contributed by atoms with E-state index >= 15 is 0 Å². The van der Waals surface area contributed by atoms with Crippen LogP contribution in [-0.4, -0.2) is 14.8 Å². The summed E-state index contributed by atoms with van der Waals surface area (Å²) < 4.78 is 1.75. The molecule has 0 amide bonds. The first-order valence-corrected chi connectivity index (χ1v) is 4.66. The zero-order valence-corrected chi connectivity index (χ0v) is 8.46. The van der Waals surface area contributed by atoms with Gasteiger partial charge in [-0.05, 0) is 11.6 Å². The van der Waals surface area contributed by atoms with Gasteiger partial charge in [0, 0.05) is 31.2 Å². The molecule has 5 heteroatoms. The zero-order valence-electron chi connectivity index (χ0n) is 8.46. The summed E-state index contributed by atoms with van der Waals surface area (Å²) in [5, 5.41) is 4.11. The highest BCUT2D eigenvalue weighted by molar-refractivity contribution is 5.26. The zero-order chi connectivity index (χ0) is 10.7. The van der Waals surface area contributed by atoms with E-state index in [2.05, 4.69) is 15.5 Å². The third-order valence-corrected chi connectivity index (χ3v) is 2.24. The number of pyridine rings is 1. The Bertz CT molecular complexity index is 422. The lowest BCUT2D eigenvalue weighted by Gasteiger charge is -2.13. The molecule has 0 saturated carbocycles. The second-order valence-electron chi connectivity index (χ2n) is 3.33. The number of nitrogens with zero attached hydrogens (tertiary/aromatic N) is 3. The summed E-state index contributed by atoms with van der Waals surface area (Å²) in [6.07, 6.45) is 7.24. The fourth-order valence-electron chi connectivity index (χ4n) is 1.52. The van der Waals surface area contributed by atoms with Crippen LogP contribution in [-0.2, 0) is 7.05 Å². The molecule has 0 fully saturated rings. The molecule has 2 aromatic rings. The number of aromatic nitrogens is 3. The van der Waals surface area contributed by atoms with Crippen LogP contribution in [0.1, 0.15) is 17.2 Å². The molecule has 0 bridgehead atoms. The lowest BCUT2D eigenvalue weighted by Crippen LogP contribution is -2.28. The van der Waals surface area contributed by atoms with Gasteiger partial charge in [-0.1, -0.05) is 6.07 Å². The molecule has 0 spiro atoms. The van der Waals surface area contributed by atoms with E-state index in [0.29, 0.717) is 0 Å². The van der Waals surface area contributed by atoms with Crippen LogP contribution in [0.4, 0.5) is 0 Å². The second kappa shape index (κ2) is 4.20. The van der Waals surface area contributed by atoms with Crippen LogP contribution < -0.4 is 11.3 Å². The van der Waals surface area contributed by atoms with Crippen molar-refractivity contribution in [3.8, 4) is 0 Å². The highest BCUT2D eigenvalue weighted by atomic mass is 15.3. The van der Waals surface area contributed by atoms with E-state index in [9.17, 15) is 0 Å². The minimum absolute atomic E-state index is 0.0626. The molecule has 78 valence electrons. The number of aryl methyl sites for hydroxylation is 1. The normalized spacial score (nSPS) is 12.7. The summed E-state index contributed by atoms with van der Waals surface area (Å²) in [5.74, 6) is 5.53. The van der Waals surface area contributed by atoms with Gasteiger partial charge in [-0.25, -0.2) is 5.43 Å². The van der Waals surface area contributed by atoms with Gasteiger partial charge in [0.2, 0.25) is 0 Å². The van der Waals surface area contributed by atoms with Crippen LogP contribution >= 0.6 is 0 Å². The third-order valence-electron chi connectivity index (χ3n) is 2.24. The SMILES string of the molecule is Cn1cc(C(NN)c2cccnc2)cn1. The molecule has 2 aromatic heterocycles. The van der Waals surface area contributed by atoms with Crippen molar-refractivity contribution in [2.24, 2.45) is 12.9 Å². The van der Waals surface area contributed by atoms with Crippen LogP contribution in [0.2, 0.25) is 0 Å². The van der Waals surface area contributed by atoms with Gasteiger partial charge in [0.1, 0.15) is 0 Å². The predicted molar refractivity (Wildman–Crippen MR) is 56.6 cm³/mol. The summed E-state index contributed by atoms with van der Waals surface area (Å²) in [5.41, 5.74) is 4.80. The molecule has 5 nitrogen and oxygen atoms in total. The number of rotatable bonds is 3. The minimum Gasteiger partial charge on any atom is -0.275 e. The average Bonchev–Trinajstić information content (AvgIpc) is 2.68. The van der Waals surface area contributed by atoms with Gasteiger partial charge in [-0.15, -0.1) is 0 Å². The molecule has 0 aromatic carbocycles. The molecule has 1 atom stereocenters. The molecule has 0 aliphatic rings. The Morgan fingerprint density at radius 2 is 2.27 bits per heavy atom. The van der Waals surface area contributed by atoms with Gasteiger partial charge in [-0.3, -0.25) is 15.5 Å². The van der Waals surface area contributed by atoms with Gasteiger partial charge in [0.25, 0.3) is 0 Å². The Morgan fingerprint density at radius 1 is 1.40 bits per heavy atom. The minimum atomic E-state index is -0.0626. The van der Waals surface area contributed by atoms with Crippen molar-refractivity contribution in [1.82, 2.24) is 20.2 Å². The van der Waals surface area contributed by atoms with E-state index in [4.69, 9.17) is 5.84 Å². The first-order valence-electron chi connectivity index (χ1n) is 4.66. The molecular formula is C10H13N5. The second-order valence-corrected chi connectivity index (χ2v) is 3.33. The van der Waals surface area contributed by atoms with E-state index < -0.39 is 0 Å². The Morgan fingerprint density at radius 3 is 2.80 bits per heavy atom. The number of nitrogens with two attached hydrogens (primary N) is 1. The van der Waals surface area contributed by atoms with Crippen LogP contribution in [0.5, 0.6) is 0 Å². The van der Waals surface area contributed by atoms with Gasteiger partial charge in [-0.2, -0.15) is 5.10 Å². The van der Waals surface area contributed by atoms with Crippen molar-refractivity contribution < 1.29 is 0 Å². The Hall–Kier alpha value is -1.72. The molecule has 0 aliphatic heterocycles. The highest BCUT2D eigenvalue weighted by Gasteiger charge is 2.13. The fraction of sp³-hybridized carbons (Fsp3) is 0.200. The summed E-state index contributed by atoms with van der Waals surface area (Å²) in [7, 11) is 1.88. The van der Waals surface area contributed by atoms with Gasteiger partial charge in [0.15, 0.2) is 0 Å². The molecule has 0 radical (unpaired) electrons. The van der Waals surface area contributed by atoms with Crippen LogP contribution in [0, 0.1) is 0 Å². The first kappa shape index (κ1) is 9.82. The maximum Gasteiger partial charge on any atom is 0.0755 e. The van der Waals surface area contributed by atoms with Crippen LogP contribution in [0.15, 0.2) is 36.9 Å². The largest absolute Gasteiger partial charge is 0.275 e. The third kappa shape index (κ3) is 2.03. The highest BCUT2D eigenvalue weighted by Crippen LogP contribution is 2.19. The van der Waals surface area contributed by atoms with Crippen molar-refractivity contribution in [2.45, 2.75) is 6.04 Å². The molecular weight excluding hydrogens is 190 g/mol. The smallest absolute Gasteiger partial charge is 0.0755 e. The summed E-state index contributed by atoms with van der Waals surface area (Å²) in [6.45, 7) is 0. The lowest BCUT2D eigenvalue weighted by atomic mass is 10.0. The van der Waals surface area contributed by atoms with E-state index in [1.807, 2.05) is 25.4 Å². The molecule has 0 aliphatic carbocycles. The molecule has 2 rings (SSSR count). The van der Waals surface area contributed by atoms with Gasteiger partial charge >= 0.3 is 0 Å².